The Balaban J connectivity index is 1.78. The highest BCUT2D eigenvalue weighted by molar-refractivity contribution is 7.03. The Bertz CT molecular complexity index is 926. The van der Waals surface area contributed by atoms with Gasteiger partial charge in [-0.1, -0.05) is 40.9 Å². The fourth-order valence-electron chi connectivity index (χ4n) is 2.57. The van der Waals surface area contributed by atoms with E-state index in [-0.39, 0.29) is 24.1 Å². The zero-order chi connectivity index (χ0) is 19.2. The van der Waals surface area contributed by atoms with Gasteiger partial charge in [0.05, 0.1) is 0 Å². The Morgan fingerprint density at radius 1 is 1.07 bits per heavy atom. The predicted octanol–water partition coefficient (Wildman–Crippen LogP) is 3.12. The molecule has 0 aliphatic heterocycles. The second-order valence-corrected chi connectivity index (χ2v) is 6.82. The molecule has 2 amide bonds. The minimum Gasteiger partial charge on any atom is -0.350 e. The summed E-state index contributed by atoms with van der Waals surface area (Å²) in [7, 11) is 0. The molecule has 3 aromatic rings. The van der Waals surface area contributed by atoms with E-state index >= 15 is 0 Å². The minimum absolute atomic E-state index is 0.0916. The van der Waals surface area contributed by atoms with Crippen LogP contribution in [0.3, 0.4) is 0 Å². The molecule has 138 valence electrons. The summed E-state index contributed by atoms with van der Waals surface area (Å²) < 4.78 is 3.75. The van der Waals surface area contributed by atoms with Gasteiger partial charge in [-0.05, 0) is 54.2 Å². The first-order valence-electron chi connectivity index (χ1n) is 8.51. The van der Waals surface area contributed by atoms with Crippen LogP contribution in [0.25, 0.3) is 0 Å². The smallest absolute Gasteiger partial charge is 0.280 e. The third kappa shape index (κ3) is 4.77. The van der Waals surface area contributed by atoms with Crippen LogP contribution in [0.4, 0.5) is 5.69 Å². The molecule has 7 heteroatoms. The Kier molecular flexibility index (Phi) is 5.93. The van der Waals surface area contributed by atoms with Crippen LogP contribution < -0.4 is 10.2 Å². The minimum atomic E-state index is -0.345. The number of amides is 2. The van der Waals surface area contributed by atoms with E-state index in [0.717, 1.165) is 28.2 Å². The van der Waals surface area contributed by atoms with Crippen molar-refractivity contribution in [3.05, 3.63) is 76.3 Å². The summed E-state index contributed by atoms with van der Waals surface area (Å²) >= 11 is 1.10. The first-order valence-corrected chi connectivity index (χ1v) is 9.35. The summed E-state index contributed by atoms with van der Waals surface area (Å²) in [5.74, 6) is -0.588. The largest absolute Gasteiger partial charge is 0.350 e. The number of hydrogen-bond donors (Lipinski definition) is 1. The summed E-state index contributed by atoms with van der Waals surface area (Å²) in [5, 5.41) is 8.29. The molecule has 0 atom stereocenters. The van der Waals surface area contributed by atoms with Gasteiger partial charge in [0.2, 0.25) is 5.91 Å². The number of carbonyl (C=O) groups excluding carboxylic acids is 2. The third-order valence-electron chi connectivity index (χ3n) is 4.26. The van der Waals surface area contributed by atoms with Gasteiger partial charge < -0.3 is 5.32 Å². The van der Waals surface area contributed by atoms with Gasteiger partial charge in [0.25, 0.3) is 5.91 Å². The lowest BCUT2D eigenvalue weighted by Crippen LogP contribution is -2.41. The Morgan fingerprint density at radius 2 is 1.85 bits per heavy atom. The van der Waals surface area contributed by atoms with Crippen molar-refractivity contribution in [3.8, 4) is 0 Å². The number of aromatic nitrogens is 2. The SMILES string of the molecule is Cc1ccc(N(CC(=O)NCc2ccccc2)C(=O)c2csnn2)cc1C. The van der Waals surface area contributed by atoms with Gasteiger partial charge in [-0.25, -0.2) is 0 Å². The number of carbonyl (C=O) groups is 2. The molecule has 1 N–H and O–H groups in total. The van der Waals surface area contributed by atoms with Gasteiger partial charge in [0, 0.05) is 17.6 Å². The van der Waals surface area contributed by atoms with E-state index < -0.39 is 0 Å². The molecule has 0 aliphatic rings. The maximum Gasteiger partial charge on any atom is 0.280 e. The maximum absolute atomic E-state index is 12.9. The van der Waals surface area contributed by atoms with Crippen LogP contribution in [0.5, 0.6) is 0 Å². The molecule has 0 saturated heterocycles. The van der Waals surface area contributed by atoms with Gasteiger partial charge in [-0.15, -0.1) is 5.10 Å². The molecule has 3 rings (SSSR count). The molecular weight excluding hydrogens is 360 g/mol. The summed E-state index contributed by atoms with van der Waals surface area (Å²) in [6, 6.07) is 15.3. The van der Waals surface area contributed by atoms with Crippen molar-refractivity contribution < 1.29 is 9.59 Å². The van der Waals surface area contributed by atoms with Crippen molar-refractivity contribution in [2.24, 2.45) is 0 Å². The first-order chi connectivity index (χ1) is 13.0. The molecule has 0 radical (unpaired) electrons. The molecule has 0 spiro atoms. The van der Waals surface area contributed by atoms with Crippen LogP contribution >= 0.6 is 11.5 Å². The van der Waals surface area contributed by atoms with Gasteiger partial charge in [0.1, 0.15) is 6.54 Å². The summed E-state index contributed by atoms with van der Waals surface area (Å²) in [6.45, 7) is 4.29. The third-order valence-corrected chi connectivity index (χ3v) is 4.77. The van der Waals surface area contributed by atoms with E-state index in [0.29, 0.717) is 12.2 Å². The van der Waals surface area contributed by atoms with Gasteiger partial charge in [-0.3, -0.25) is 14.5 Å². The molecule has 0 saturated carbocycles. The van der Waals surface area contributed by atoms with Crippen molar-refractivity contribution in [2.75, 3.05) is 11.4 Å². The van der Waals surface area contributed by atoms with Crippen LogP contribution in [0, 0.1) is 13.8 Å². The Hall–Kier alpha value is -3.06. The van der Waals surface area contributed by atoms with E-state index in [1.807, 2.05) is 62.4 Å². The molecule has 1 aromatic heterocycles. The predicted molar refractivity (Wildman–Crippen MR) is 106 cm³/mol. The van der Waals surface area contributed by atoms with Crippen LogP contribution in [0.15, 0.2) is 53.9 Å². The zero-order valence-electron chi connectivity index (χ0n) is 15.2. The lowest BCUT2D eigenvalue weighted by molar-refractivity contribution is -0.119. The number of anilines is 1. The fourth-order valence-corrected chi connectivity index (χ4v) is 3.00. The molecule has 0 aliphatic carbocycles. The zero-order valence-corrected chi connectivity index (χ0v) is 16.0. The molecular formula is C20H20N4O2S. The van der Waals surface area contributed by atoms with E-state index in [1.54, 1.807) is 5.38 Å². The number of rotatable bonds is 6. The molecule has 0 fully saturated rings. The fraction of sp³-hybridized carbons (Fsp3) is 0.200. The summed E-state index contributed by atoms with van der Waals surface area (Å²) in [6.07, 6.45) is 0. The van der Waals surface area contributed by atoms with Gasteiger partial charge in [0.15, 0.2) is 5.69 Å². The van der Waals surface area contributed by atoms with Crippen molar-refractivity contribution in [1.82, 2.24) is 14.9 Å². The quantitative estimate of drug-likeness (QED) is 0.713. The highest BCUT2D eigenvalue weighted by Crippen LogP contribution is 2.20. The molecule has 0 unspecified atom stereocenters. The maximum atomic E-state index is 12.9. The van der Waals surface area contributed by atoms with Crippen molar-refractivity contribution in [1.29, 1.82) is 0 Å². The van der Waals surface area contributed by atoms with Gasteiger partial charge in [-0.2, -0.15) is 0 Å². The van der Waals surface area contributed by atoms with Crippen molar-refractivity contribution >= 4 is 29.0 Å². The van der Waals surface area contributed by atoms with E-state index in [4.69, 9.17) is 0 Å². The van der Waals surface area contributed by atoms with Crippen molar-refractivity contribution in [2.45, 2.75) is 20.4 Å². The lowest BCUT2D eigenvalue weighted by Gasteiger charge is -2.22. The second kappa shape index (κ2) is 8.55. The number of hydrogen-bond acceptors (Lipinski definition) is 5. The van der Waals surface area contributed by atoms with Crippen LogP contribution in [-0.4, -0.2) is 27.9 Å². The lowest BCUT2D eigenvalue weighted by atomic mass is 10.1. The normalized spacial score (nSPS) is 10.4. The molecule has 27 heavy (non-hydrogen) atoms. The van der Waals surface area contributed by atoms with Crippen LogP contribution in [-0.2, 0) is 11.3 Å². The highest BCUT2D eigenvalue weighted by atomic mass is 32.1. The van der Waals surface area contributed by atoms with E-state index in [1.165, 1.54) is 4.90 Å². The number of benzene rings is 2. The average molecular weight is 380 g/mol. The van der Waals surface area contributed by atoms with E-state index in [2.05, 4.69) is 14.9 Å². The summed E-state index contributed by atoms with van der Waals surface area (Å²) in [4.78, 5) is 26.8. The van der Waals surface area contributed by atoms with Crippen molar-refractivity contribution in [3.63, 3.8) is 0 Å². The molecule has 2 aromatic carbocycles. The second-order valence-electron chi connectivity index (χ2n) is 6.21. The summed E-state index contributed by atoms with van der Waals surface area (Å²) in [5.41, 5.74) is 4.06. The molecule has 1 heterocycles. The first kappa shape index (κ1) is 18.7. The molecule has 6 nitrogen and oxygen atoms in total. The van der Waals surface area contributed by atoms with E-state index in [9.17, 15) is 9.59 Å². The highest BCUT2D eigenvalue weighted by Gasteiger charge is 2.23. The Morgan fingerprint density at radius 3 is 2.52 bits per heavy atom. The Labute approximate surface area is 162 Å². The number of aryl methyl sites for hydroxylation is 2. The topological polar surface area (TPSA) is 75.2 Å². The average Bonchev–Trinajstić information content (AvgIpc) is 3.22. The standard InChI is InChI=1S/C20H20N4O2S/c1-14-8-9-17(10-15(14)2)24(20(26)18-13-27-23-22-18)12-19(25)21-11-16-6-4-3-5-7-16/h3-10,13H,11-12H2,1-2H3,(H,21,25). The number of nitrogens with zero attached hydrogens (tertiary/aromatic N) is 3. The van der Waals surface area contributed by atoms with Crippen LogP contribution in [0.1, 0.15) is 27.2 Å². The van der Waals surface area contributed by atoms with Crippen LogP contribution in [0.2, 0.25) is 0 Å². The number of nitrogens with one attached hydrogen (secondary N) is 1. The van der Waals surface area contributed by atoms with Gasteiger partial charge >= 0.3 is 0 Å². The molecule has 0 bridgehead atoms. The monoisotopic (exact) mass is 380 g/mol.